The van der Waals surface area contributed by atoms with Crippen molar-refractivity contribution in [1.82, 2.24) is 10.2 Å². The highest BCUT2D eigenvalue weighted by Crippen LogP contribution is 2.22. The van der Waals surface area contributed by atoms with E-state index in [-0.39, 0.29) is 17.9 Å². The highest BCUT2D eigenvalue weighted by atomic mass is 32.2. The Morgan fingerprint density at radius 3 is 2.39 bits per heavy atom. The van der Waals surface area contributed by atoms with Gasteiger partial charge in [0.25, 0.3) is 0 Å². The molecule has 2 aromatic carbocycles. The molecule has 0 aliphatic heterocycles. The van der Waals surface area contributed by atoms with Gasteiger partial charge in [0, 0.05) is 29.7 Å². The van der Waals surface area contributed by atoms with E-state index in [4.69, 9.17) is 0 Å². The molecular weight excluding hydrogens is 404 g/mol. The molecule has 0 aromatic heterocycles. The molecule has 0 bridgehead atoms. The number of carbonyl (C=O) groups excluding carboxylic acids is 2. The number of benzene rings is 2. The van der Waals surface area contributed by atoms with Crippen molar-refractivity contribution in [2.24, 2.45) is 0 Å². The highest BCUT2D eigenvalue weighted by Gasteiger charge is 2.30. The summed E-state index contributed by atoms with van der Waals surface area (Å²) in [6.45, 7) is 4.53. The fourth-order valence-corrected chi connectivity index (χ4v) is 4.94. The molecule has 166 valence electrons. The zero-order valence-electron chi connectivity index (χ0n) is 18.7. The topological polar surface area (TPSA) is 49.4 Å². The lowest BCUT2D eigenvalue weighted by Crippen LogP contribution is -2.51. The normalized spacial score (nSPS) is 14.9. The third-order valence-electron chi connectivity index (χ3n) is 5.89. The van der Waals surface area contributed by atoms with Gasteiger partial charge in [-0.15, -0.1) is 11.8 Å². The molecule has 2 aromatic rings. The molecule has 5 heteroatoms. The zero-order chi connectivity index (χ0) is 22.1. The summed E-state index contributed by atoms with van der Waals surface area (Å²) in [6, 6.07) is 18.1. The summed E-state index contributed by atoms with van der Waals surface area (Å²) in [4.78, 5) is 29.3. The molecule has 0 radical (unpaired) electrons. The van der Waals surface area contributed by atoms with Gasteiger partial charge in [0.15, 0.2) is 0 Å². The Morgan fingerprint density at radius 1 is 1.06 bits per heavy atom. The number of aryl methyl sites for hydroxylation is 1. The highest BCUT2D eigenvalue weighted by molar-refractivity contribution is 7.99. The third-order valence-corrected chi connectivity index (χ3v) is 6.90. The minimum absolute atomic E-state index is 0.00938. The van der Waals surface area contributed by atoms with Crippen molar-refractivity contribution in [2.45, 2.75) is 75.9 Å². The molecule has 1 fully saturated rings. The molecule has 1 N–H and O–H groups in total. The number of amides is 2. The van der Waals surface area contributed by atoms with E-state index in [1.165, 1.54) is 23.3 Å². The van der Waals surface area contributed by atoms with Gasteiger partial charge in [-0.1, -0.05) is 67.8 Å². The molecule has 2 amide bonds. The second-order valence-electron chi connectivity index (χ2n) is 8.33. The van der Waals surface area contributed by atoms with Crippen molar-refractivity contribution in [3.63, 3.8) is 0 Å². The maximum Gasteiger partial charge on any atom is 0.243 e. The first kappa shape index (κ1) is 23.4. The van der Waals surface area contributed by atoms with E-state index in [9.17, 15) is 9.59 Å². The van der Waals surface area contributed by atoms with Gasteiger partial charge in [-0.2, -0.15) is 0 Å². The fourth-order valence-electron chi connectivity index (χ4n) is 4.10. The number of thioether (sulfide) groups is 1. The number of nitrogens with one attached hydrogen (secondary N) is 1. The molecule has 1 aliphatic rings. The Labute approximate surface area is 190 Å². The molecule has 1 unspecified atom stereocenters. The SMILES string of the molecule is CCC(C(=O)NC1CCCC1)N(Cc1ccccc1)C(=O)CCSc1ccc(C)cc1. The largest absolute Gasteiger partial charge is 0.352 e. The summed E-state index contributed by atoms with van der Waals surface area (Å²) in [5.41, 5.74) is 2.28. The number of nitrogens with zero attached hydrogens (tertiary/aromatic N) is 1. The van der Waals surface area contributed by atoms with Crippen LogP contribution in [0.15, 0.2) is 59.5 Å². The standard InChI is InChI=1S/C26H34N2O2S/c1-3-24(26(30)27-22-11-7-8-12-22)28(19-21-9-5-4-6-10-21)25(29)17-18-31-23-15-13-20(2)14-16-23/h4-6,9-10,13-16,22,24H,3,7-8,11-12,17-19H2,1-2H3,(H,27,30). The van der Waals surface area contributed by atoms with Gasteiger partial charge in [0.05, 0.1) is 0 Å². The van der Waals surface area contributed by atoms with E-state index in [0.717, 1.165) is 18.4 Å². The number of hydrogen-bond acceptors (Lipinski definition) is 3. The van der Waals surface area contributed by atoms with Gasteiger partial charge in [-0.3, -0.25) is 9.59 Å². The Morgan fingerprint density at radius 2 is 1.74 bits per heavy atom. The van der Waals surface area contributed by atoms with Crippen LogP contribution in [0.1, 0.15) is 56.6 Å². The van der Waals surface area contributed by atoms with Gasteiger partial charge in [-0.05, 0) is 43.9 Å². The van der Waals surface area contributed by atoms with Crippen molar-refractivity contribution in [3.05, 3.63) is 65.7 Å². The monoisotopic (exact) mass is 438 g/mol. The third kappa shape index (κ3) is 7.13. The summed E-state index contributed by atoms with van der Waals surface area (Å²) in [6.07, 6.45) is 5.46. The average Bonchev–Trinajstić information content (AvgIpc) is 3.28. The van der Waals surface area contributed by atoms with Crippen LogP contribution in [0.5, 0.6) is 0 Å². The van der Waals surface area contributed by atoms with Gasteiger partial charge >= 0.3 is 0 Å². The molecule has 31 heavy (non-hydrogen) atoms. The Bertz CT molecular complexity index is 832. The number of hydrogen-bond donors (Lipinski definition) is 1. The molecular formula is C26H34N2O2S. The first-order valence-corrected chi connectivity index (χ1v) is 12.4. The number of rotatable bonds is 10. The first-order valence-electron chi connectivity index (χ1n) is 11.4. The maximum atomic E-state index is 13.3. The Balaban J connectivity index is 1.66. The van der Waals surface area contributed by atoms with Crippen LogP contribution in [0.4, 0.5) is 0 Å². The zero-order valence-corrected chi connectivity index (χ0v) is 19.5. The quantitative estimate of drug-likeness (QED) is 0.509. The average molecular weight is 439 g/mol. The van der Waals surface area contributed by atoms with Crippen LogP contribution in [0.2, 0.25) is 0 Å². The molecule has 0 heterocycles. The number of carbonyl (C=O) groups is 2. The second kappa shape index (κ2) is 11.9. The summed E-state index contributed by atoms with van der Waals surface area (Å²) in [7, 11) is 0. The first-order chi connectivity index (χ1) is 15.1. The summed E-state index contributed by atoms with van der Waals surface area (Å²) < 4.78 is 0. The van der Waals surface area contributed by atoms with Crippen LogP contribution in [0.3, 0.4) is 0 Å². The van der Waals surface area contributed by atoms with Gasteiger partial charge in [0.2, 0.25) is 11.8 Å². The van der Waals surface area contributed by atoms with Crippen molar-refractivity contribution in [3.8, 4) is 0 Å². The lowest BCUT2D eigenvalue weighted by molar-refractivity contribution is -0.141. The van der Waals surface area contributed by atoms with Crippen molar-refractivity contribution < 1.29 is 9.59 Å². The molecule has 0 spiro atoms. The lowest BCUT2D eigenvalue weighted by atomic mass is 10.1. The minimum Gasteiger partial charge on any atom is -0.352 e. The van der Waals surface area contributed by atoms with Crippen LogP contribution >= 0.6 is 11.8 Å². The van der Waals surface area contributed by atoms with E-state index in [2.05, 4.69) is 36.5 Å². The van der Waals surface area contributed by atoms with E-state index in [0.29, 0.717) is 25.1 Å². The van der Waals surface area contributed by atoms with Crippen LogP contribution in [-0.4, -0.2) is 34.6 Å². The summed E-state index contributed by atoms with van der Waals surface area (Å²) >= 11 is 1.69. The minimum atomic E-state index is -0.433. The van der Waals surface area contributed by atoms with Crippen molar-refractivity contribution in [2.75, 3.05) is 5.75 Å². The van der Waals surface area contributed by atoms with Gasteiger partial charge in [-0.25, -0.2) is 0 Å². The predicted molar refractivity (Wildman–Crippen MR) is 128 cm³/mol. The maximum absolute atomic E-state index is 13.3. The lowest BCUT2D eigenvalue weighted by Gasteiger charge is -2.31. The molecule has 1 saturated carbocycles. The fraction of sp³-hybridized carbons (Fsp3) is 0.462. The molecule has 3 rings (SSSR count). The molecule has 1 aliphatic carbocycles. The van der Waals surface area contributed by atoms with E-state index >= 15 is 0 Å². The Kier molecular flexibility index (Phi) is 9.01. The molecule has 4 nitrogen and oxygen atoms in total. The van der Waals surface area contributed by atoms with Crippen molar-refractivity contribution >= 4 is 23.6 Å². The van der Waals surface area contributed by atoms with E-state index in [1.54, 1.807) is 16.7 Å². The van der Waals surface area contributed by atoms with Crippen LogP contribution < -0.4 is 5.32 Å². The van der Waals surface area contributed by atoms with E-state index in [1.807, 2.05) is 37.3 Å². The Hall–Kier alpha value is -2.27. The van der Waals surface area contributed by atoms with Crippen LogP contribution in [-0.2, 0) is 16.1 Å². The van der Waals surface area contributed by atoms with Crippen LogP contribution in [0.25, 0.3) is 0 Å². The predicted octanol–water partition coefficient (Wildman–Crippen LogP) is 5.34. The smallest absolute Gasteiger partial charge is 0.243 e. The molecule has 1 atom stereocenters. The van der Waals surface area contributed by atoms with E-state index < -0.39 is 6.04 Å². The second-order valence-corrected chi connectivity index (χ2v) is 9.50. The van der Waals surface area contributed by atoms with Gasteiger partial charge in [0.1, 0.15) is 6.04 Å². The summed E-state index contributed by atoms with van der Waals surface area (Å²) in [5, 5.41) is 3.20. The van der Waals surface area contributed by atoms with Gasteiger partial charge < -0.3 is 10.2 Å². The summed E-state index contributed by atoms with van der Waals surface area (Å²) in [5.74, 6) is 0.732. The van der Waals surface area contributed by atoms with Crippen LogP contribution in [0, 0.1) is 6.92 Å². The van der Waals surface area contributed by atoms with Crippen molar-refractivity contribution in [1.29, 1.82) is 0 Å². The molecule has 0 saturated heterocycles.